The van der Waals surface area contributed by atoms with Crippen LogP contribution in [0, 0.1) is 0 Å². The van der Waals surface area contributed by atoms with Crippen molar-refractivity contribution in [2.75, 3.05) is 6.61 Å². The molecule has 0 N–H and O–H groups in total. The molecule has 0 fully saturated rings. The molecule has 0 radical (unpaired) electrons. The lowest BCUT2D eigenvalue weighted by Crippen LogP contribution is -2.07. The van der Waals surface area contributed by atoms with Crippen molar-refractivity contribution in [1.29, 1.82) is 0 Å². The Balaban J connectivity index is 2.13. The van der Waals surface area contributed by atoms with Crippen LogP contribution in [0.1, 0.15) is 12.8 Å². The smallest absolute Gasteiger partial charge is 0.315 e. The second kappa shape index (κ2) is 5.82. The van der Waals surface area contributed by atoms with Gasteiger partial charge in [0.15, 0.2) is 0 Å². The van der Waals surface area contributed by atoms with E-state index in [0.29, 0.717) is 18.2 Å². The maximum absolute atomic E-state index is 11.3. The van der Waals surface area contributed by atoms with E-state index < -0.39 is 0 Å². The van der Waals surface area contributed by atoms with Gasteiger partial charge in [-0.15, -0.1) is 0 Å². The third-order valence-corrected chi connectivity index (χ3v) is 2.77. The fourth-order valence-electron chi connectivity index (χ4n) is 1.51. The molecule has 0 atom stereocenters. The first-order valence-electron chi connectivity index (χ1n) is 5.55. The molecule has 4 nitrogen and oxygen atoms in total. The second-order valence-electron chi connectivity index (χ2n) is 3.62. The molecule has 0 bridgehead atoms. The fourth-order valence-corrected chi connectivity index (χ4v) is 1.91. The first kappa shape index (κ1) is 12.8. The maximum atomic E-state index is 11.3. The number of carbonyl (C=O) groups is 1. The van der Waals surface area contributed by atoms with Gasteiger partial charge in [0.1, 0.15) is 18.4 Å². The second-order valence-corrected chi connectivity index (χ2v) is 4.53. The van der Waals surface area contributed by atoms with E-state index in [-0.39, 0.29) is 12.4 Å². The fraction of sp³-hybridized carbons (Fsp3) is 0.231. The third kappa shape index (κ3) is 3.20. The van der Waals surface area contributed by atoms with Gasteiger partial charge in [0.05, 0.1) is 6.61 Å². The molecule has 0 aliphatic heterocycles. The molecule has 0 saturated carbocycles. The van der Waals surface area contributed by atoms with Crippen LogP contribution in [0.25, 0.3) is 11.3 Å². The largest absolute Gasteiger partial charge is 0.466 e. The first-order chi connectivity index (χ1) is 8.69. The van der Waals surface area contributed by atoms with Gasteiger partial charge < -0.3 is 9.15 Å². The van der Waals surface area contributed by atoms with Crippen molar-refractivity contribution in [2.45, 2.75) is 13.3 Å². The van der Waals surface area contributed by atoms with Gasteiger partial charge in [0, 0.05) is 10.0 Å². The Bertz CT molecular complexity index is 551. The molecule has 1 aromatic heterocycles. The summed E-state index contributed by atoms with van der Waals surface area (Å²) in [6.45, 7) is 2.12. The van der Waals surface area contributed by atoms with Crippen LogP contribution in [0.15, 0.2) is 39.4 Å². The minimum absolute atomic E-state index is 0.0574. The number of ether oxygens (including phenoxy) is 1. The number of halogens is 1. The monoisotopic (exact) mass is 309 g/mol. The van der Waals surface area contributed by atoms with Crippen LogP contribution in [-0.2, 0) is 16.0 Å². The lowest BCUT2D eigenvalue weighted by molar-refractivity contribution is -0.142. The van der Waals surface area contributed by atoms with E-state index in [0.717, 1.165) is 10.0 Å². The highest BCUT2D eigenvalue weighted by Crippen LogP contribution is 2.22. The molecule has 0 amide bonds. The molecule has 0 aliphatic rings. The molecule has 5 heteroatoms. The van der Waals surface area contributed by atoms with Crippen LogP contribution < -0.4 is 0 Å². The van der Waals surface area contributed by atoms with Crippen molar-refractivity contribution in [2.24, 2.45) is 0 Å². The number of hydrogen-bond donors (Lipinski definition) is 0. The molecular formula is C13H12BrNO3. The highest BCUT2D eigenvalue weighted by atomic mass is 79.9. The summed E-state index contributed by atoms with van der Waals surface area (Å²) in [5, 5.41) is 0. The topological polar surface area (TPSA) is 52.3 Å². The van der Waals surface area contributed by atoms with Gasteiger partial charge in [0.2, 0.25) is 5.89 Å². The number of benzene rings is 1. The average Bonchev–Trinajstić information content (AvgIpc) is 2.78. The van der Waals surface area contributed by atoms with E-state index in [1.165, 1.54) is 6.26 Å². The SMILES string of the molecule is CCOC(=O)Cc1nc(-c2cccc(Br)c2)co1. The first-order valence-corrected chi connectivity index (χ1v) is 6.34. The van der Waals surface area contributed by atoms with Crippen molar-refractivity contribution in [3.05, 3.63) is 40.9 Å². The number of aromatic nitrogens is 1. The van der Waals surface area contributed by atoms with Crippen LogP contribution >= 0.6 is 15.9 Å². The zero-order chi connectivity index (χ0) is 13.0. The standard InChI is InChI=1S/C13H12BrNO3/c1-2-17-13(16)7-12-15-11(8-18-12)9-4-3-5-10(14)6-9/h3-6,8H,2,7H2,1H3. The molecule has 0 unspecified atom stereocenters. The molecule has 0 spiro atoms. The van der Waals surface area contributed by atoms with E-state index >= 15 is 0 Å². The van der Waals surface area contributed by atoms with Crippen LogP contribution in [0.4, 0.5) is 0 Å². The Labute approximate surface area is 113 Å². The minimum Gasteiger partial charge on any atom is -0.466 e. The van der Waals surface area contributed by atoms with E-state index in [1.807, 2.05) is 24.3 Å². The normalized spacial score (nSPS) is 10.3. The van der Waals surface area contributed by atoms with Gasteiger partial charge in [-0.3, -0.25) is 4.79 Å². The molecule has 0 aliphatic carbocycles. The number of esters is 1. The summed E-state index contributed by atoms with van der Waals surface area (Å²) in [4.78, 5) is 15.5. The predicted molar refractivity (Wildman–Crippen MR) is 70.0 cm³/mol. The van der Waals surface area contributed by atoms with Crippen LogP contribution in [0.3, 0.4) is 0 Å². The molecule has 0 saturated heterocycles. The van der Waals surface area contributed by atoms with E-state index in [9.17, 15) is 4.79 Å². The quantitative estimate of drug-likeness (QED) is 0.814. The lowest BCUT2D eigenvalue weighted by atomic mass is 10.2. The molecule has 1 aromatic carbocycles. The van der Waals surface area contributed by atoms with E-state index in [4.69, 9.17) is 9.15 Å². The number of rotatable bonds is 4. The molecule has 2 aromatic rings. The van der Waals surface area contributed by atoms with Crippen LogP contribution in [0.2, 0.25) is 0 Å². The number of oxazole rings is 1. The zero-order valence-electron chi connectivity index (χ0n) is 9.85. The Morgan fingerprint density at radius 1 is 1.50 bits per heavy atom. The number of hydrogen-bond acceptors (Lipinski definition) is 4. The van der Waals surface area contributed by atoms with Crippen molar-refractivity contribution >= 4 is 21.9 Å². The van der Waals surface area contributed by atoms with Gasteiger partial charge in [-0.2, -0.15) is 0 Å². The summed E-state index contributed by atoms with van der Waals surface area (Å²) in [6, 6.07) is 7.71. The zero-order valence-corrected chi connectivity index (χ0v) is 11.4. The summed E-state index contributed by atoms with van der Waals surface area (Å²) in [6.07, 6.45) is 1.60. The summed E-state index contributed by atoms with van der Waals surface area (Å²) in [5.41, 5.74) is 1.64. The van der Waals surface area contributed by atoms with Gasteiger partial charge >= 0.3 is 5.97 Å². The van der Waals surface area contributed by atoms with E-state index in [1.54, 1.807) is 6.92 Å². The molecular weight excluding hydrogens is 298 g/mol. The van der Waals surface area contributed by atoms with Crippen LogP contribution in [-0.4, -0.2) is 17.6 Å². The van der Waals surface area contributed by atoms with Gasteiger partial charge in [-0.05, 0) is 19.1 Å². The van der Waals surface area contributed by atoms with Gasteiger partial charge in [0.25, 0.3) is 0 Å². The Hall–Kier alpha value is -1.62. The Kier molecular flexibility index (Phi) is 4.15. The van der Waals surface area contributed by atoms with E-state index in [2.05, 4.69) is 20.9 Å². The number of nitrogens with zero attached hydrogens (tertiary/aromatic N) is 1. The van der Waals surface area contributed by atoms with Crippen molar-refractivity contribution in [1.82, 2.24) is 4.98 Å². The molecule has 94 valence electrons. The Morgan fingerprint density at radius 3 is 3.06 bits per heavy atom. The Morgan fingerprint density at radius 2 is 2.33 bits per heavy atom. The summed E-state index contributed by atoms with van der Waals surface area (Å²) in [5.74, 6) is 0.0311. The maximum Gasteiger partial charge on any atom is 0.315 e. The molecule has 18 heavy (non-hydrogen) atoms. The third-order valence-electron chi connectivity index (χ3n) is 2.27. The minimum atomic E-state index is -0.333. The summed E-state index contributed by atoms with van der Waals surface area (Å²) in [7, 11) is 0. The number of carbonyl (C=O) groups excluding carboxylic acids is 1. The van der Waals surface area contributed by atoms with Gasteiger partial charge in [-0.1, -0.05) is 28.1 Å². The van der Waals surface area contributed by atoms with Crippen molar-refractivity contribution in [3.8, 4) is 11.3 Å². The van der Waals surface area contributed by atoms with Gasteiger partial charge in [-0.25, -0.2) is 4.98 Å². The average molecular weight is 310 g/mol. The van der Waals surface area contributed by atoms with Crippen molar-refractivity contribution in [3.63, 3.8) is 0 Å². The highest BCUT2D eigenvalue weighted by Gasteiger charge is 2.11. The summed E-state index contributed by atoms with van der Waals surface area (Å²) < 4.78 is 11.0. The van der Waals surface area contributed by atoms with Crippen molar-refractivity contribution < 1.29 is 13.9 Å². The predicted octanol–water partition coefficient (Wildman–Crippen LogP) is 3.21. The molecule has 1 heterocycles. The van der Waals surface area contributed by atoms with Crippen LogP contribution in [0.5, 0.6) is 0 Å². The molecule has 2 rings (SSSR count). The highest BCUT2D eigenvalue weighted by molar-refractivity contribution is 9.10. The lowest BCUT2D eigenvalue weighted by Gasteiger charge is -1.97. The summed E-state index contributed by atoms with van der Waals surface area (Å²) >= 11 is 3.39.